The summed E-state index contributed by atoms with van der Waals surface area (Å²) in [6.45, 7) is -0.0281. The Balaban J connectivity index is 2.70. The average molecular weight is 232 g/mol. The van der Waals surface area contributed by atoms with Crippen LogP contribution >= 0.6 is 0 Å². The second kappa shape index (κ2) is 5.13. The van der Waals surface area contributed by atoms with Gasteiger partial charge in [0.25, 0.3) is 0 Å². The molecule has 0 aromatic rings. The summed E-state index contributed by atoms with van der Waals surface area (Å²) in [6, 6.07) is -1.47. The first-order valence-electron chi connectivity index (χ1n) is 5.00. The van der Waals surface area contributed by atoms with E-state index in [4.69, 9.17) is 10.2 Å². The van der Waals surface area contributed by atoms with E-state index in [-0.39, 0.29) is 26.1 Å². The van der Waals surface area contributed by atoms with Gasteiger partial charge >= 0.3 is 12.0 Å². The van der Waals surface area contributed by atoms with Crippen molar-refractivity contribution in [3.63, 3.8) is 0 Å². The summed E-state index contributed by atoms with van der Waals surface area (Å²) in [5, 5.41) is 26.9. The molecule has 0 aliphatic carbocycles. The van der Waals surface area contributed by atoms with E-state index >= 15 is 0 Å². The van der Waals surface area contributed by atoms with Gasteiger partial charge < -0.3 is 25.1 Å². The van der Waals surface area contributed by atoms with Gasteiger partial charge in [-0.2, -0.15) is 0 Å². The molecular weight excluding hydrogens is 216 g/mol. The molecule has 0 spiro atoms. The van der Waals surface area contributed by atoms with Crippen molar-refractivity contribution in [1.82, 2.24) is 9.80 Å². The molecule has 1 aliphatic heterocycles. The Morgan fingerprint density at radius 1 is 1.50 bits per heavy atom. The molecule has 1 aliphatic rings. The third-order valence-corrected chi connectivity index (χ3v) is 2.57. The Hall–Kier alpha value is -1.34. The minimum atomic E-state index is -1.12. The first-order chi connectivity index (χ1) is 7.47. The van der Waals surface area contributed by atoms with E-state index in [2.05, 4.69) is 0 Å². The number of amides is 2. The number of likely N-dealkylation sites (N-methyl/N-ethyl adjacent to an activating group) is 1. The Kier molecular flexibility index (Phi) is 4.08. The summed E-state index contributed by atoms with van der Waals surface area (Å²) < 4.78 is 0. The highest BCUT2D eigenvalue weighted by atomic mass is 16.4. The summed E-state index contributed by atoms with van der Waals surface area (Å²) in [6.07, 6.45) is -0.749. The highest BCUT2D eigenvalue weighted by Gasteiger charge is 2.39. The lowest BCUT2D eigenvalue weighted by molar-refractivity contribution is -0.141. The van der Waals surface area contributed by atoms with Gasteiger partial charge in [-0.15, -0.1) is 0 Å². The largest absolute Gasteiger partial charge is 0.480 e. The van der Waals surface area contributed by atoms with Crippen LogP contribution in [-0.4, -0.2) is 76.0 Å². The first-order valence-corrected chi connectivity index (χ1v) is 5.00. The molecule has 1 saturated heterocycles. The minimum Gasteiger partial charge on any atom is -0.480 e. The predicted molar refractivity (Wildman–Crippen MR) is 53.9 cm³/mol. The zero-order valence-electron chi connectivity index (χ0n) is 9.04. The molecule has 7 heteroatoms. The zero-order valence-corrected chi connectivity index (χ0v) is 9.04. The normalized spacial score (nSPS) is 24.6. The van der Waals surface area contributed by atoms with Crippen LogP contribution in [0.5, 0.6) is 0 Å². The molecule has 0 aromatic heterocycles. The molecule has 0 saturated carbocycles. The lowest BCUT2D eigenvalue weighted by atomic mass is 10.2. The van der Waals surface area contributed by atoms with E-state index in [0.29, 0.717) is 0 Å². The molecule has 7 nitrogen and oxygen atoms in total. The van der Waals surface area contributed by atoms with Crippen molar-refractivity contribution >= 4 is 12.0 Å². The Labute approximate surface area is 92.9 Å². The average Bonchev–Trinajstić information content (AvgIpc) is 2.59. The van der Waals surface area contributed by atoms with E-state index in [1.807, 2.05) is 0 Å². The lowest BCUT2D eigenvalue weighted by Gasteiger charge is -2.26. The van der Waals surface area contributed by atoms with Crippen LogP contribution in [0.2, 0.25) is 0 Å². The number of aliphatic carboxylic acids is 1. The standard InChI is InChI=1S/C9H16N2O5/c1-10(2-3-12)9(16)11-5-6(13)4-7(11)8(14)15/h6-7,12-13H,2-5H2,1H3,(H,14,15)/t6?,7-/m0/s1. The van der Waals surface area contributed by atoms with Gasteiger partial charge in [0.2, 0.25) is 0 Å². The molecule has 3 N–H and O–H groups in total. The van der Waals surface area contributed by atoms with Crippen LogP contribution in [0, 0.1) is 0 Å². The third-order valence-electron chi connectivity index (χ3n) is 2.57. The molecule has 1 rings (SSSR count). The SMILES string of the molecule is CN(CCO)C(=O)N1CC(O)C[C@H]1C(=O)O. The van der Waals surface area contributed by atoms with E-state index < -0.39 is 24.1 Å². The second-order valence-electron chi connectivity index (χ2n) is 3.82. The molecule has 1 fully saturated rings. The number of carboxylic acid groups (broad SMARTS) is 1. The van der Waals surface area contributed by atoms with Crippen LogP contribution in [0.1, 0.15) is 6.42 Å². The van der Waals surface area contributed by atoms with Crippen LogP contribution < -0.4 is 0 Å². The van der Waals surface area contributed by atoms with Crippen LogP contribution in [0.15, 0.2) is 0 Å². The van der Waals surface area contributed by atoms with Crippen molar-refractivity contribution in [3.05, 3.63) is 0 Å². The van der Waals surface area contributed by atoms with Gasteiger partial charge in [0.05, 0.1) is 12.7 Å². The Morgan fingerprint density at radius 3 is 2.62 bits per heavy atom. The van der Waals surface area contributed by atoms with Gasteiger partial charge in [-0.3, -0.25) is 0 Å². The molecule has 0 bridgehead atoms. The van der Waals surface area contributed by atoms with Gasteiger partial charge in [0.1, 0.15) is 6.04 Å². The smallest absolute Gasteiger partial charge is 0.326 e. The number of carbonyl (C=O) groups excluding carboxylic acids is 1. The van der Waals surface area contributed by atoms with E-state index in [1.165, 1.54) is 11.9 Å². The Bertz CT molecular complexity index is 283. The fraction of sp³-hybridized carbons (Fsp3) is 0.778. The third kappa shape index (κ3) is 2.61. The molecule has 0 radical (unpaired) electrons. The number of hydrogen-bond acceptors (Lipinski definition) is 4. The van der Waals surface area contributed by atoms with Crippen molar-refractivity contribution in [3.8, 4) is 0 Å². The summed E-state index contributed by atoms with van der Waals surface area (Å²) in [5.41, 5.74) is 0. The van der Waals surface area contributed by atoms with Gasteiger partial charge in [-0.25, -0.2) is 9.59 Å². The summed E-state index contributed by atoms with van der Waals surface area (Å²) in [5.74, 6) is -1.12. The number of β-amino-alcohol motifs (C(OH)–C–C–N with tert-alkyl or cyclic N) is 1. The molecular formula is C9H16N2O5. The molecule has 1 unspecified atom stereocenters. The maximum atomic E-state index is 11.8. The van der Waals surface area contributed by atoms with Crippen molar-refractivity contribution in [2.75, 3.05) is 26.7 Å². The van der Waals surface area contributed by atoms with Gasteiger partial charge in [-0.05, 0) is 0 Å². The minimum absolute atomic E-state index is 0.0194. The van der Waals surface area contributed by atoms with E-state index in [0.717, 1.165) is 4.90 Å². The van der Waals surface area contributed by atoms with Gasteiger partial charge in [-0.1, -0.05) is 0 Å². The topological polar surface area (TPSA) is 101 Å². The van der Waals surface area contributed by atoms with Crippen molar-refractivity contribution in [1.29, 1.82) is 0 Å². The Morgan fingerprint density at radius 2 is 2.12 bits per heavy atom. The van der Waals surface area contributed by atoms with Crippen molar-refractivity contribution in [2.24, 2.45) is 0 Å². The number of likely N-dealkylation sites (tertiary alicyclic amines) is 1. The van der Waals surface area contributed by atoms with Crippen molar-refractivity contribution < 1.29 is 24.9 Å². The summed E-state index contributed by atoms with van der Waals surface area (Å²) >= 11 is 0. The molecule has 2 amide bonds. The quantitative estimate of drug-likeness (QED) is 0.552. The monoisotopic (exact) mass is 232 g/mol. The lowest BCUT2D eigenvalue weighted by Crippen LogP contribution is -2.47. The van der Waals surface area contributed by atoms with E-state index in [1.54, 1.807) is 0 Å². The zero-order chi connectivity index (χ0) is 12.3. The number of urea groups is 1. The molecule has 1 heterocycles. The number of carbonyl (C=O) groups is 2. The number of rotatable bonds is 3. The van der Waals surface area contributed by atoms with Crippen molar-refractivity contribution in [2.45, 2.75) is 18.6 Å². The van der Waals surface area contributed by atoms with Gasteiger partial charge in [0, 0.05) is 26.6 Å². The number of hydrogen-bond donors (Lipinski definition) is 3. The van der Waals surface area contributed by atoms with Crippen LogP contribution in [0.3, 0.4) is 0 Å². The maximum Gasteiger partial charge on any atom is 0.326 e. The fourth-order valence-electron chi connectivity index (χ4n) is 1.72. The maximum absolute atomic E-state index is 11.8. The summed E-state index contributed by atoms with van der Waals surface area (Å²) in [4.78, 5) is 25.0. The molecule has 0 aromatic carbocycles. The molecule has 2 atom stereocenters. The highest BCUT2D eigenvalue weighted by Crippen LogP contribution is 2.19. The second-order valence-corrected chi connectivity index (χ2v) is 3.82. The number of aliphatic hydroxyl groups excluding tert-OH is 2. The number of carboxylic acids is 1. The highest BCUT2D eigenvalue weighted by molar-refractivity contribution is 5.83. The molecule has 92 valence electrons. The van der Waals surface area contributed by atoms with Crippen LogP contribution in [-0.2, 0) is 4.79 Å². The first kappa shape index (κ1) is 12.7. The van der Waals surface area contributed by atoms with E-state index in [9.17, 15) is 14.7 Å². The van der Waals surface area contributed by atoms with Crippen LogP contribution in [0.25, 0.3) is 0 Å². The number of nitrogens with zero attached hydrogens (tertiary/aromatic N) is 2. The van der Waals surface area contributed by atoms with Crippen LogP contribution in [0.4, 0.5) is 4.79 Å². The predicted octanol–water partition coefficient (Wildman–Crippen LogP) is -1.45. The number of aliphatic hydroxyl groups is 2. The summed E-state index contributed by atoms with van der Waals surface area (Å²) in [7, 11) is 1.47. The fourth-order valence-corrected chi connectivity index (χ4v) is 1.72. The van der Waals surface area contributed by atoms with Gasteiger partial charge in [0.15, 0.2) is 0 Å². The molecule has 16 heavy (non-hydrogen) atoms.